The van der Waals surface area contributed by atoms with Gasteiger partial charge in [0.1, 0.15) is 5.82 Å². The fourth-order valence-corrected chi connectivity index (χ4v) is 1.98. The fourth-order valence-electron chi connectivity index (χ4n) is 1.98. The number of carbonyl (C=O) groups is 1. The first-order chi connectivity index (χ1) is 9.15. The van der Waals surface area contributed by atoms with Crippen molar-refractivity contribution in [3.63, 3.8) is 0 Å². The van der Waals surface area contributed by atoms with Gasteiger partial charge in [-0.15, -0.1) is 0 Å². The summed E-state index contributed by atoms with van der Waals surface area (Å²) in [7, 11) is 1.58. The standard InChI is InChI=1S/C16H16FNO/c1-3-11-7-8-14(15(17)9-11)12-5-4-6-13(10-12)16(19)18-2/h4-10H,3H2,1-2H3,(H,18,19). The largest absolute Gasteiger partial charge is 0.355 e. The van der Waals surface area contributed by atoms with Crippen molar-refractivity contribution in [2.45, 2.75) is 13.3 Å². The highest BCUT2D eigenvalue weighted by atomic mass is 19.1. The Balaban J connectivity index is 2.44. The molecule has 0 heterocycles. The second kappa shape index (κ2) is 5.65. The van der Waals surface area contributed by atoms with Gasteiger partial charge in [0.2, 0.25) is 0 Å². The number of carbonyl (C=O) groups excluding carboxylic acids is 1. The summed E-state index contributed by atoms with van der Waals surface area (Å²) in [6, 6.07) is 12.2. The van der Waals surface area contributed by atoms with Gasteiger partial charge in [0.05, 0.1) is 0 Å². The van der Waals surface area contributed by atoms with Crippen molar-refractivity contribution in [1.82, 2.24) is 5.32 Å². The minimum absolute atomic E-state index is 0.174. The van der Waals surface area contributed by atoms with Gasteiger partial charge >= 0.3 is 0 Å². The van der Waals surface area contributed by atoms with E-state index in [0.29, 0.717) is 16.7 Å². The fraction of sp³-hybridized carbons (Fsp3) is 0.188. The van der Waals surface area contributed by atoms with Crippen molar-refractivity contribution < 1.29 is 9.18 Å². The molecule has 0 aliphatic rings. The molecule has 3 heteroatoms. The van der Waals surface area contributed by atoms with Crippen LogP contribution in [0.4, 0.5) is 4.39 Å². The number of halogens is 1. The lowest BCUT2D eigenvalue weighted by atomic mass is 10.0. The minimum atomic E-state index is -0.256. The predicted molar refractivity (Wildman–Crippen MR) is 74.6 cm³/mol. The number of nitrogens with one attached hydrogen (secondary N) is 1. The summed E-state index contributed by atoms with van der Waals surface area (Å²) in [6.45, 7) is 1.99. The normalized spacial score (nSPS) is 10.3. The van der Waals surface area contributed by atoms with Crippen LogP contribution in [0.3, 0.4) is 0 Å². The minimum Gasteiger partial charge on any atom is -0.355 e. The maximum Gasteiger partial charge on any atom is 0.251 e. The van der Waals surface area contributed by atoms with Crippen LogP contribution in [0, 0.1) is 5.82 Å². The highest BCUT2D eigenvalue weighted by Crippen LogP contribution is 2.24. The number of benzene rings is 2. The molecular formula is C16H16FNO. The van der Waals surface area contributed by atoms with Crippen molar-refractivity contribution in [2.24, 2.45) is 0 Å². The average Bonchev–Trinajstić information content (AvgIpc) is 2.46. The summed E-state index contributed by atoms with van der Waals surface area (Å²) >= 11 is 0. The molecule has 19 heavy (non-hydrogen) atoms. The molecule has 0 bridgehead atoms. The van der Waals surface area contributed by atoms with Gasteiger partial charge in [-0.2, -0.15) is 0 Å². The Labute approximate surface area is 112 Å². The van der Waals surface area contributed by atoms with E-state index in [0.717, 1.165) is 12.0 Å². The zero-order chi connectivity index (χ0) is 13.8. The second-order valence-electron chi connectivity index (χ2n) is 4.33. The lowest BCUT2D eigenvalue weighted by Crippen LogP contribution is -2.17. The van der Waals surface area contributed by atoms with Crippen LogP contribution >= 0.6 is 0 Å². The SMILES string of the molecule is CCc1ccc(-c2cccc(C(=O)NC)c2)c(F)c1. The summed E-state index contributed by atoms with van der Waals surface area (Å²) in [5.74, 6) is -0.430. The Morgan fingerprint density at radius 1 is 1.21 bits per heavy atom. The van der Waals surface area contributed by atoms with Gasteiger partial charge in [-0.1, -0.05) is 31.2 Å². The number of hydrogen-bond acceptors (Lipinski definition) is 1. The summed E-state index contributed by atoms with van der Waals surface area (Å²) in [5, 5.41) is 2.56. The van der Waals surface area contributed by atoms with Crippen molar-refractivity contribution in [2.75, 3.05) is 7.05 Å². The molecule has 0 aliphatic heterocycles. The molecule has 1 N–H and O–H groups in total. The smallest absolute Gasteiger partial charge is 0.251 e. The second-order valence-corrected chi connectivity index (χ2v) is 4.33. The van der Waals surface area contributed by atoms with E-state index in [4.69, 9.17) is 0 Å². The Morgan fingerprint density at radius 3 is 2.63 bits per heavy atom. The van der Waals surface area contributed by atoms with Gasteiger partial charge in [-0.25, -0.2) is 4.39 Å². The number of aryl methyl sites for hydroxylation is 1. The zero-order valence-electron chi connectivity index (χ0n) is 11.0. The summed E-state index contributed by atoms with van der Waals surface area (Å²) in [6.07, 6.45) is 0.801. The third-order valence-corrected chi connectivity index (χ3v) is 3.10. The molecule has 0 radical (unpaired) electrons. The molecule has 2 aromatic rings. The molecular weight excluding hydrogens is 241 g/mol. The van der Waals surface area contributed by atoms with Gasteiger partial charge in [0, 0.05) is 18.2 Å². The van der Waals surface area contributed by atoms with E-state index in [1.54, 1.807) is 43.4 Å². The molecule has 1 amide bonds. The molecule has 2 rings (SSSR count). The van der Waals surface area contributed by atoms with E-state index >= 15 is 0 Å². The van der Waals surface area contributed by atoms with E-state index < -0.39 is 0 Å². The first-order valence-electron chi connectivity index (χ1n) is 6.26. The van der Waals surface area contributed by atoms with E-state index in [9.17, 15) is 9.18 Å². The highest BCUT2D eigenvalue weighted by molar-refractivity contribution is 5.95. The van der Waals surface area contributed by atoms with Gasteiger partial charge in [0.25, 0.3) is 5.91 Å². The first-order valence-corrected chi connectivity index (χ1v) is 6.26. The number of hydrogen-bond donors (Lipinski definition) is 1. The molecule has 0 saturated carbocycles. The molecule has 0 aliphatic carbocycles. The molecule has 0 aromatic heterocycles. The van der Waals surface area contributed by atoms with Gasteiger partial charge in [0.15, 0.2) is 0 Å². The quantitative estimate of drug-likeness (QED) is 0.897. The summed E-state index contributed by atoms with van der Waals surface area (Å²) < 4.78 is 14.0. The van der Waals surface area contributed by atoms with E-state index in [2.05, 4.69) is 5.32 Å². The third-order valence-electron chi connectivity index (χ3n) is 3.10. The van der Waals surface area contributed by atoms with Crippen LogP contribution in [0.15, 0.2) is 42.5 Å². The van der Waals surface area contributed by atoms with Crippen LogP contribution < -0.4 is 5.32 Å². The zero-order valence-corrected chi connectivity index (χ0v) is 11.0. The Hall–Kier alpha value is -2.16. The first kappa shape index (κ1) is 13.3. The van der Waals surface area contributed by atoms with Crippen LogP contribution in [-0.4, -0.2) is 13.0 Å². The maximum absolute atomic E-state index is 14.0. The summed E-state index contributed by atoms with van der Waals surface area (Å²) in [4.78, 5) is 11.6. The Bertz CT molecular complexity index is 607. The van der Waals surface area contributed by atoms with Crippen molar-refractivity contribution in [3.8, 4) is 11.1 Å². The van der Waals surface area contributed by atoms with E-state index in [-0.39, 0.29) is 11.7 Å². The highest BCUT2D eigenvalue weighted by Gasteiger charge is 2.09. The van der Waals surface area contributed by atoms with Gasteiger partial charge in [-0.3, -0.25) is 4.79 Å². The third kappa shape index (κ3) is 2.81. The van der Waals surface area contributed by atoms with Crippen LogP contribution in [0.2, 0.25) is 0 Å². The molecule has 0 atom stereocenters. The Morgan fingerprint density at radius 2 is 2.00 bits per heavy atom. The Kier molecular flexibility index (Phi) is 3.95. The lowest BCUT2D eigenvalue weighted by molar-refractivity contribution is 0.0963. The molecule has 0 saturated heterocycles. The molecule has 98 valence electrons. The van der Waals surface area contributed by atoms with Crippen molar-refractivity contribution in [1.29, 1.82) is 0 Å². The number of rotatable bonds is 3. The maximum atomic E-state index is 14.0. The monoisotopic (exact) mass is 257 g/mol. The molecule has 2 aromatic carbocycles. The van der Waals surface area contributed by atoms with Gasteiger partial charge < -0.3 is 5.32 Å². The lowest BCUT2D eigenvalue weighted by Gasteiger charge is -2.07. The van der Waals surface area contributed by atoms with Crippen LogP contribution in [0.5, 0.6) is 0 Å². The summed E-state index contributed by atoms with van der Waals surface area (Å²) in [5.41, 5.74) is 2.71. The van der Waals surface area contributed by atoms with Crippen LogP contribution in [0.1, 0.15) is 22.8 Å². The molecule has 0 unspecified atom stereocenters. The van der Waals surface area contributed by atoms with Crippen LogP contribution in [0.25, 0.3) is 11.1 Å². The predicted octanol–water partition coefficient (Wildman–Crippen LogP) is 3.41. The van der Waals surface area contributed by atoms with Crippen molar-refractivity contribution in [3.05, 3.63) is 59.4 Å². The molecule has 2 nitrogen and oxygen atoms in total. The van der Waals surface area contributed by atoms with E-state index in [1.165, 1.54) is 0 Å². The molecule has 0 fully saturated rings. The average molecular weight is 257 g/mol. The topological polar surface area (TPSA) is 29.1 Å². The van der Waals surface area contributed by atoms with Crippen molar-refractivity contribution >= 4 is 5.91 Å². The molecule has 0 spiro atoms. The van der Waals surface area contributed by atoms with E-state index in [1.807, 2.05) is 13.0 Å². The number of amides is 1. The van der Waals surface area contributed by atoms with Gasteiger partial charge in [-0.05, 0) is 35.7 Å². The van der Waals surface area contributed by atoms with Crippen LogP contribution in [-0.2, 0) is 6.42 Å².